The average Bonchev–Trinajstić information content (AvgIpc) is 2.61. The molecule has 0 fully saturated rings. The minimum Gasteiger partial charge on any atom is -0.481 e. The van der Waals surface area contributed by atoms with E-state index in [2.05, 4.69) is 10.3 Å². The van der Waals surface area contributed by atoms with E-state index in [1.54, 1.807) is 0 Å². The average molecular weight is 248 g/mol. The van der Waals surface area contributed by atoms with Crippen LogP contribution in [0.3, 0.4) is 0 Å². The zero-order valence-corrected chi connectivity index (χ0v) is 10.1. The van der Waals surface area contributed by atoms with Crippen molar-refractivity contribution in [3.63, 3.8) is 0 Å². The quantitative estimate of drug-likeness (QED) is 0.649. The maximum Gasteiger partial charge on any atom is 0.306 e. The molecule has 1 heterocycles. The first-order valence-electron chi connectivity index (χ1n) is 5.79. The van der Waals surface area contributed by atoms with Gasteiger partial charge in [0, 0.05) is 23.1 Å². The predicted octanol–water partition coefficient (Wildman–Crippen LogP) is 1.72. The summed E-state index contributed by atoms with van der Waals surface area (Å²) in [6, 6.07) is 7.84. The highest BCUT2D eigenvalue weighted by Crippen LogP contribution is 2.26. The summed E-state index contributed by atoms with van der Waals surface area (Å²) >= 11 is 0. The highest BCUT2D eigenvalue weighted by Gasteiger charge is 2.12. The van der Waals surface area contributed by atoms with Crippen LogP contribution in [-0.4, -0.2) is 33.8 Å². The molecule has 0 aliphatic carbocycles. The molecular weight excluding hydrogens is 232 g/mol. The number of aromatic nitrogens is 1. The number of benzene rings is 1. The molecule has 1 aromatic carbocycles. The Kier molecular flexibility index (Phi) is 3.53. The molecule has 2 rings (SSSR count). The van der Waals surface area contributed by atoms with E-state index >= 15 is 0 Å². The van der Waals surface area contributed by atoms with Gasteiger partial charge in [0.25, 0.3) is 0 Å². The molecule has 1 aromatic heterocycles. The fourth-order valence-corrected chi connectivity index (χ4v) is 2.00. The highest BCUT2D eigenvalue weighted by atomic mass is 16.4. The molecule has 1 unspecified atom stereocenters. The molecule has 96 valence electrons. The van der Waals surface area contributed by atoms with Crippen molar-refractivity contribution in [2.75, 3.05) is 11.9 Å². The van der Waals surface area contributed by atoms with Gasteiger partial charge in [-0.2, -0.15) is 0 Å². The minimum absolute atomic E-state index is 0.217. The van der Waals surface area contributed by atoms with Gasteiger partial charge in [-0.15, -0.1) is 0 Å². The number of fused-ring (bicyclic) bond motifs is 1. The molecule has 0 bridgehead atoms. The number of aryl methyl sites for hydroxylation is 1. The van der Waals surface area contributed by atoms with Gasteiger partial charge >= 0.3 is 5.97 Å². The number of carboxylic acid groups (broad SMARTS) is 1. The third-order valence-corrected chi connectivity index (χ3v) is 2.82. The van der Waals surface area contributed by atoms with E-state index in [9.17, 15) is 9.90 Å². The normalized spacial score (nSPS) is 12.6. The summed E-state index contributed by atoms with van der Waals surface area (Å²) in [7, 11) is 0. The smallest absolute Gasteiger partial charge is 0.306 e. The number of carbonyl (C=O) groups is 1. The van der Waals surface area contributed by atoms with Gasteiger partial charge in [-0.25, -0.2) is 0 Å². The lowest BCUT2D eigenvalue weighted by atomic mass is 10.2. The molecular formula is C13H16N2O3. The molecule has 0 amide bonds. The Morgan fingerprint density at radius 1 is 1.44 bits per heavy atom. The van der Waals surface area contributed by atoms with Crippen molar-refractivity contribution in [1.82, 2.24) is 4.98 Å². The largest absolute Gasteiger partial charge is 0.481 e. The minimum atomic E-state index is -1.00. The number of aliphatic carboxylic acids is 1. The number of aromatic amines is 1. The zero-order valence-electron chi connectivity index (χ0n) is 10.1. The molecule has 4 N–H and O–H groups in total. The second kappa shape index (κ2) is 5.10. The van der Waals surface area contributed by atoms with Crippen molar-refractivity contribution in [1.29, 1.82) is 0 Å². The van der Waals surface area contributed by atoms with E-state index in [4.69, 9.17) is 5.11 Å². The van der Waals surface area contributed by atoms with Gasteiger partial charge in [-0.05, 0) is 13.0 Å². The Hall–Kier alpha value is -2.01. The van der Waals surface area contributed by atoms with Crippen molar-refractivity contribution < 1.29 is 15.0 Å². The first-order valence-corrected chi connectivity index (χ1v) is 5.79. The van der Waals surface area contributed by atoms with Crippen LogP contribution in [0.2, 0.25) is 0 Å². The van der Waals surface area contributed by atoms with Crippen LogP contribution in [0.1, 0.15) is 12.1 Å². The lowest BCUT2D eigenvalue weighted by molar-refractivity contribution is -0.138. The number of hydrogen-bond acceptors (Lipinski definition) is 3. The topological polar surface area (TPSA) is 85.4 Å². The molecule has 5 nitrogen and oxygen atoms in total. The molecule has 18 heavy (non-hydrogen) atoms. The zero-order chi connectivity index (χ0) is 13.1. The SMILES string of the molecule is Cc1[nH]c2ccccc2c1NCC(O)CC(=O)O. The molecule has 2 aromatic rings. The number of H-pyrrole nitrogens is 1. The van der Waals surface area contributed by atoms with Gasteiger partial charge in [-0.1, -0.05) is 18.2 Å². The fourth-order valence-electron chi connectivity index (χ4n) is 2.00. The van der Waals surface area contributed by atoms with E-state index in [1.165, 1.54) is 0 Å². The van der Waals surface area contributed by atoms with E-state index in [1.807, 2.05) is 31.2 Å². The van der Waals surface area contributed by atoms with Gasteiger partial charge in [0.2, 0.25) is 0 Å². The molecule has 0 radical (unpaired) electrons. The van der Waals surface area contributed by atoms with Crippen LogP contribution in [0.25, 0.3) is 10.9 Å². The second-order valence-electron chi connectivity index (χ2n) is 4.30. The van der Waals surface area contributed by atoms with E-state index in [0.717, 1.165) is 22.3 Å². The first kappa shape index (κ1) is 12.4. The summed E-state index contributed by atoms with van der Waals surface area (Å²) in [5, 5.41) is 22.2. The van der Waals surface area contributed by atoms with Crippen LogP contribution < -0.4 is 5.32 Å². The monoisotopic (exact) mass is 248 g/mol. The van der Waals surface area contributed by atoms with Crippen molar-refractivity contribution in [2.24, 2.45) is 0 Å². The van der Waals surface area contributed by atoms with E-state index in [0.29, 0.717) is 0 Å². The van der Waals surface area contributed by atoms with Crippen LogP contribution in [-0.2, 0) is 4.79 Å². The Balaban J connectivity index is 2.12. The van der Waals surface area contributed by atoms with Crippen LogP contribution in [0.4, 0.5) is 5.69 Å². The highest BCUT2D eigenvalue weighted by molar-refractivity contribution is 5.94. The van der Waals surface area contributed by atoms with Gasteiger partial charge in [0.05, 0.1) is 18.2 Å². The Bertz CT molecular complexity index is 562. The number of rotatable bonds is 5. The van der Waals surface area contributed by atoms with E-state index in [-0.39, 0.29) is 13.0 Å². The summed E-state index contributed by atoms with van der Waals surface area (Å²) in [5.41, 5.74) is 2.90. The molecule has 0 saturated heterocycles. The number of anilines is 1. The number of hydrogen-bond donors (Lipinski definition) is 4. The summed E-state index contributed by atoms with van der Waals surface area (Å²) in [6.45, 7) is 2.15. The van der Waals surface area contributed by atoms with Crippen LogP contribution in [0.15, 0.2) is 24.3 Å². The molecule has 0 aliphatic rings. The molecule has 0 spiro atoms. The van der Waals surface area contributed by atoms with Crippen LogP contribution >= 0.6 is 0 Å². The summed E-state index contributed by atoms with van der Waals surface area (Å²) < 4.78 is 0. The van der Waals surface area contributed by atoms with Crippen molar-refractivity contribution in [2.45, 2.75) is 19.4 Å². The van der Waals surface area contributed by atoms with Crippen molar-refractivity contribution in [3.05, 3.63) is 30.0 Å². The third kappa shape index (κ3) is 2.62. The summed E-state index contributed by atoms with van der Waals surface area (Å²) in [5.74, 6) is -1.00. The number of nitrogens with one attached hydrogen (secondary N) is 2. The Morgan fingerprint density at radius 3 is 2.89 bits per heavy atom. The lowest BCUT2D eigenvalue weighted by Crippen LogP contribution is -2.22. The van der Waals surface area contributed by atoms with E-state index < -0.39 is 12.1 Å². The van der Waals surface area contributed by atoms with Gasteiger partial charge in [0.1, 0.15) is 0 Å². The second-order valence-corrected chi connectivity index (χ2v) is 4.30. The third-order valence-electron chi connectivity index (χ3n) is 2.82. The van der Waals surface area contributed by atoms with Gasteiger partial charge in [-0.3, -0.25) is 4.79 Å². The molecule has 5 heteroatoms. The number of carboxylic acids is 1. The molecule has 0 saturated carbocycles. The maximum absolute atomic E-state index is 10.5. The van der Waals surface area contributed by atoms with Gasteiger partial charge in [0.15, 0.2) is 0 Å². The Morgan fingerprint density at radius 2 is 2.17 bits per heavy atom. The number of aliphatic hydroxyl groups is 1. The van der Waals surface area contributed by atoms with Gasteiger partial charge < -0.3 is 20.5 Å². The molecule has 0 aliphatic heterocycles. The fraction of sp³-hybridized carbons (Fsp3) is 0.308. The van der Waals surface area contributed by atoms with Crippen molar-refractivity contribution >= 4 is 22.6 Å². The van der Waals surface area contributed by atoms with Crippen LogP contribution in [0.5, 0.6) is 0 Å². The lowest BCUT2D eigenvalue weighted by Gasteiger charge is -2.11. The Labute approximate surface area is 104 Å². The first-order chi connectivity index (χ1) is 8.58. The molecule has 1 atom stereocenters. The number of para-hydroxylation sites is 1. The summed E-state index contributed by atoms with van der Waals surface area (Å²) in [6.07, 6.45) is -1.15. The predicted molar refractivity (Wildman–Crippen MR) is 69.8 cm³/mol. The standard InChI is InChI=1S/C13H16N2O3/c1-8-13(14-7-9(16)6-12(17)18)10-4-2-3-5-11(10)15-8/h2-5,9,14-16H,6-7H2,1H3,(H,17,18). The van der Waals surface area contributed by atoms with Crippen molar-refractivity contribution in [3.8, 4) is 0 Å². The van der Waals surface area contributed by atoms with Crippen LogP contribution in [0, 0.1) is 6.92 Å². The summed E-state index contributed by atoms with van der Waals surface area (Å²) in [4.78, 5) is 13.7. The maximum atomic E-state index is 10.5. The number of aliphatic hydroxyl groups excluding tert-OH is 1.